The fraction of sp³-hybridized carbons (Fsp3) is 0.500. The van der Waals surface area contributed by atoms with Gasteiger partial charge in [-0.25, -0.2) is 9.98 Å². The van der Waals surface area contributed by atoms with Gasteiger partial charge in [-0.2, -0.15) is 0 Å². The molecule has 7 heteroatoms. The maximum Gasteiger partial charge on any atom is 0.289 e. The summed E-state index contributed by atoms with van der Waals surface area (Å²) >= 11 is 0. The van der Waals surface area contributed by atoms with Crippen LogP contribution in [0.1, 0.15) is 24.0 Å². The summed E-state index contributed by atoms with van der Waals surface area (Å²) in [6.45, 7) is 2.87. The van der Waals surface area contributed by atoms with Crippen LogP contribution in [0, 0.1) is 5.41 Å². The SMILES string of the molecule is CC(=NC=N)OC1CCN(C(=O)c2nccn2C)C1. The summed E-state index contributed by atoms with van der Waals surface area (Å²) in [4.78, 5) is 21.7. The van der Waals surface area contributed by atoms with Gasteiger partial charge >= 0.3 is 0 Å². The molecule has 1 aliphatic heterocycles. The summed E-state index contributed by atoms with van der Waals surface area (Å²) < 4.78 is 7.26. The smallest absolute Gasteiger partial charge is 0.289 e. The maximum atomic E-state index is 12.2. The quantitative estimate of drug-likeness (QED) is 0.643. The van der Waals surface area contributed by atoms with E-state index in [9.17, 15) is 4.79 Å². The first-order valence-corrected chi connectivity index (χ1v) is 6.08. The lowest BCUT2D eigenvalue weighted by molar-refractivity contribution is 0.0753. The number of nitrogens with one attached hydrogen (secondary N) is 1. The van der Waals surface area contributed by atoms with Crippen molar-refractivity contribution in [3.8, 4) is 0 Å². The second kappa shape index (κ2) is 5.64. The van der Waals surface area contributed by atoms with Crippen molar-refractivity contribution in [2.24, 2.45) is 12.0 Å². The molecule has 1 fully saturated rings. The standard InChI is InChI=1S/C12H17N5O2/c1-9(15-8-13)19-10-3-5-17(7-10)12(18)11-14-4-6-16(11)2/h4,6,8,10,13H,3,5,7H2,1-2H3. The number of aromatic nitrogens is 2. The first kappa shape index (κ1) is 13.3. The Labute approximate surface area is 111 Å². The minimum absolute atomic E-state index is 0.0621. The Hall–Kier alpha value is -2.18. The van der Waals surface area contributed by atoms with E-state index in [1.54, 1.807) is 35.8 Å². The van der Waals surface area contributed by atoms with Gasteiger partial charge < -0.3 is 14.2 Å². The van der Waals surface area contributed by atoms with Gasteiger partial charge in [0.2, 0.25) is 0 Å². The number of amides is 1. The highest BCUT2D eigenvalue weighted by atomic mass is 16.5. The molecule has 7 nitrogen and oxygen atoms in total. The third kappa shape index (κ3) is 2.98. The van der Waals surface area contributed by atoms with Gasteiger partial charge in [0.25, 0.3) is 5.91 Å². The van der Waals surface area contributed by atoms with E-state index < -0.39 is 0 Å². The van der Waals surface area contributed by atoms with Crippen LogP contribution in [0.15, 0.2) is 17.4 Å². The normalized spacial score (nSPS) is 19.6. The molecule has 0 spiro atoms. The average Bonchev–Trinajstić information content (AvgIpc) is 2.98. The molecule has 19 heavy (non-hydrogen) atoms. The van der Waals surface area contributed by atoms with Crippen molar-refractivity contribution in [2.45, 2.75) is 19.4 Å². The van der Waals surface area contributed by atoms with Crippen molar-refractivity contribution in [3.05, 3.63) is 18.2 Å². The van der Waals surface area contributed by atoms with E-state index in [-0.39, 0.29) is 12.0 Å². The Morgan fingerprint density at radius 3 is 3.11 bits per heavy atom. The zero-order valence-corrected chi connectivity index (χ0v) is 11.0. The van der Waals surface area contributed by atoms with Crippen molar-refractivity contribution in [1.82, 2.24) is 14.5 Å². The lowest BCUT2D eigenvalue weighted by atomic mass is 10.3. The molecule has 0 saturated carbocycles. The van der Waals surface area contributed by atoms with Gasteiger partial charge in [0, 0.05) is 39.3 Å². The van der Waals surface area contributed by atoms with Gasteiger partial charge in [-0.1, -0.05) is 0 Å². The lowest BCUT2D eigenvalue weighted by Crippen LogP contribution is -2.32. The number of nitrogens with zero attached hydrogens (tertiary/aromatic N) is 4. The Bertz CT molecular complexity index is 508. The maximum absolute atomic E-state index is 12.2. The Morgan fingerprint density at radius 1 is 1.68 bits per heavy atom. The summed E-state index contributed by atoms with van der Waals surface area (Å²) in [6.07, 6.45) is 5.01. The second-order valence-corrected chi connectivity index (χ2v) is 4.42. The second-order valence-electron chi connectivity index (χ2n) is 4.42. The molecule has 0 radical (unpaired) electrons. The number of carbonyl (C=O) groups excluding carboxylic acids is 1. The highest BCUT2D eigenvalue weighted by Crippen LogP contribution is 2.15. The van der Waals surface area contributed by atoms with Crippen molar-refractivity contribution in [1.29, 1.82) is 5.41 Å². The van der Waals surface area contributed by atoms with E-state index in [1.165, 1.54) is 0 Å². The summed E-state index contributed by atoms with van der Waals surface area (Å²) in [5.74, 6) is 0.803. The van der Waals surface area contributed by atoms with Crippen LogP contribution in [0.4, 0.5) is 0 Å². The lowest BCUT2D eigenvalue weighted by Gasteiger charge is -2.16. The molecule has 2 heterocycles. The Kier molecular flexibility index (Phi) is 3.94. The molecule has 1 aliphatic rings. The third-order valence-electron chi connectivity index (χ3n) is 3.03. The van der Waals surface area contributed by atoms with Crippen LogP contribution in [0.2, 0.25) is 0 Å². The van der Waals surface area contributed by atoms with Crippen molar-refractivity contribution in [3.63, 3.8) is 0 Å². The number of imidazole rings is 1. The predicted molar refractivity (Wildman–Crippen MR) is 70.5 cm³/mol. The topological polar surface area (TPSA) is 83.6 Å². The molecule has 102 valence electrons. The van der Waals surface area contributed by atoms with E-state index in [1.807, 2.05) is 0 Å². The molecule has 0 aromatic carbocycles. The zero-order chi connectivity index (χ0) is 13.8. The van der Waals surface area contributed by atoms with Gasteiger partial charge in [-0.3, -0.25) is 10.2 Å². The Balaban J connectivity index is 1.95. The number of hydrogen-bond donors (Lipinski definition) is 1. The minimum Gasteiger partial charge on any atom is -0.476 e. The predicted octanol–water partition coefficient (Wildman–Crippen LogP) is 0.677. The highest BCUT2D eigenvalue weighted by Gasteiger charge is 2.30. The molecule has 0 aliphatic carbocycles. The van der Waals surface area contributed by atoms with E-state index in [4.69, 9.17) is 10.1 Å². The van der Waals surface area contributed by atoms with Gasteiger partial charge in [-0.15, -0.1) is 0 Å². The van der Waals surface area contributed by atoms with E-state index in [2.05, 4.69) is 9.98 Å². The van der Waals surface area contributed by atoms with Crippen LogP contribution in [-0.2, 0) is 11.8 Å². The molecule has 0 bridgehead atoms. The highest BCUT2D eigenvalue weighted by molar-refractivity contribution is 5.91. The van der Waals surface area contributed by atoms with Crippen LogP contribution in [-0.4, -0.2) is 51.8 Å². The molecule has 1 atom stereocenters. The van der Waals surface area contributed by atoms with Gasteiger partial charge in [-0.05, 0) is 0 Å². The molecule has 1 unspecified atom stereocenters. The summed E-state index contributed by atoms with van der Waals surface area (Å²) in [6, 6.07) is 0. The average molecular weight is 263 g/mol. The van der Waals surface area contributed by atoms with Crippen molar-refractivity contribution >= 4 is 18.1 Å². The molecule has 1 aromatic heterocycles. The molecule has 1 aromatic rings. The largest absolute Gasteiger partial charge is 0.476 e. The fourth-order valence-corrected chi connectivity index (χ4v) is 2.08. The van der Waals surface area contributed by atoms with Crippen LogP contribution in [0.25, 0.3) is 0 Å². The van der Waals surface area contributed by atoms with Gasteiger partial charge in [0.15, 0.2) is 11.7 Å². The van der Waals surface area contributed by atoms with Gasteiger partial charge in [0.05, 0.1) is 6.54 Å². The minimum atomic E-state index is -0.0831. The summed E-state index contributed by atoms with van der Waals surface area (Å²) in [5, 5.41) is 6.87. The van der Waals surface area contributed by atoms with Crippen LogP contribution < -0.4 is 0 Å². The Morgan fingerprint density at radius 2 is 2.47 bits per heavy atom. The number of ether oxygens (including phenoxy) is 1. The zero-order valence-electron chi connectivity index (χ0n) is 11.0. The number of aryl methyl sites for hydroxylation is 1. The summed E-state index contributed by atoms with van der Waals surface area (Å²) in [7, 11) is 1.80. The number of rotatable bonds is 3. The molecular weight excluding hydrogens is 246 g/mol. The monoisotopic (exact) mass is 263 g/mol. The molecule has 1 amide bonds. The number of likely N-dealkylation sites (tertiary alicyclic amines) is 1. The number of aliphatic imine (C=N–C) groups is 1. The summed E-state index contributed by atoms with van der Waals surface area (Å²) in [5.41, 5.74) is 0. The van der Waals surface area contributed by atoms with Crippen molar-refractivity contribution in [2.75, 3.05) is 13.1 Å². The first-order chi connectivity index (χ1) is 9.11. The number of carbonyl (C=O) groups is 1. The number of hydrogen-bond acceptors (Lipinski definition) is 4. The third-order valence-corrected chi connectivity index (χ3v) is 3.03. The molecule has 2 rings (SSSR count). The first-order valence-electron chi connectivity index (χ1n) is 6.08. The van der Waals surface area contributed by atoms with Crippen molar-refractivity contribution < 1.29 is 9.53 Å². The van der Waals surface area contributed by atoms with Crippen LogP contribution in [0.5, 0.6) is 0 Å². The van der Waals surface area contributed by atoms with E-state index in [0.29, 0.717) is 24.8 Å². The van der Waals surface area contributed by atoms with Gasteiger partial charge in [0.1, 0.15) is 12.4 Å². The molecule has 1 N–H and O–H groups in total. The molecule has 1 saturated heterocycles. The van der Waals surface area contributed by atoms with Crippen LogP contribution in [0.3, 0.4) is 0 Å². The van der Waals surface area contributed by atoms with E-state index >= 15 is 0 Å². The van der Waals surface area contributed by atoms with E-state index in [0.717, 1.165) is 12.8 Å². The van der Waals surface area contributed by atoms with Crippen LogP contribution >= 0.6 is 0 Å². The molecular formula is C12H17N5O2. The fourth-order valence-electron chi connectivity index (χ4n) is 2.08.